The van der Waals surface area contributed by atoms with Gasteiger partial charge in [-0.25, -0.2) is 14.5 Å². The topological polar surface area (TPSA) is 116 Å². The standard InChI is InChI=1S/C15H20N8O2S/c1-3-4-7-22-12-11(13(24)17-14(22)25)21(2)10(16-12)8-26-15-18-19-20-23(15)9-5-6-9/h9H,3-8H2,1-2H3,(H,17,24,25). The van der Waals surface area contributed by atoms with Crippen LogP contribution in [0.1, 0.15) is 44.5 Å². The van der Waals surface area contributed by atoms with Gasteiger partial charge in [0.15, 0.2) is 11.2 Å². The van der Waals surface area contributed by atoms with Gasteiger partial charge in [-0.3, -0.25) is 14.3 Å². The Morgan fingerprint density at radius 3 is 2.85 bits per heavy atom. The molecule has 0 radical (unpaired) electrons. The number of rotatable bonds is 7. The number of H-pyrrole nitrogens is 1. The lowest BCUT2D eigenvalue weighted by Crippen LogP contribution is -2.31. The van der Waals surface area contributed by atoms with Gasteiger partial charge >= 0.3 is 5.69 Å². The molecule has 3 aromatic rings. The first-order chi connectivity index (χ1) is 12.6. The molecule has 0 saturated heterocycles. The first-order valence-corrected chi connectivity index (χ1v) is 9.67. The zero-order valence-electron chi connectivity index (χ0n) is 14.7. The van der Waals surface area contributed by atoms with Gasteiger partial charge in [0.05, 0.1) is 11.8 Å². The molecular formula is C15H20N8O2S. The molecule has 11 heteroatoms. The predicted octanol–water partition coefficient (Wildman–Crippen LogP) is 0.837. The molecule has 1 N–H and O–H groups in total. The van der Waals surface area contributed by atoms with E-state index in [1.54, 1.807) is 16.2 Å². The zero-order valence-corrected chi connectivity index (χ0v) is 15.5. The van der Waals surface area contributed by atoms with E-state index in [0.717, 1.165) is 30.8 Å². The average Bonchev–Trinajstić information content (AvgIpc) is 3.25. The van der Waals surface area contributed by atoms with Crippen molar-refractivity contribution in [2.24, 2.45) is 7.05 Å². The summed E-state index contributed by atoms with van der Waals surface area (Å²) in [4.78, 5) is 31.4. The molecule has 0 bridgehead atoms. The minimum Gasteiger partial charge on any atom is -0.325 e. The summed E-state index contributed by atoms with van der Waals surface area (Å²) in [7, 11) is 1.79. The maximum Gasteiger partial charge on any atom is 0.330 e. The SMILES string of the molecule is CCCCn1c(=O)[nH]c(=O)c2c1nc(CSc1nnnn1C1CC1)n2C. The number of hydrogen-bond donors (Lipinski definition) is 1. The monoisotopic (exact) mass is 376 g/mol. The van der Waals surface area contributed by atoms with E-state index in [0.29, 0.717) is 35.3 Å². The first-order valence-electron chi connectivity index (χ1n) is 8.69. The molecule has 0 atom stereocenters. The van der Waals surface area contributed by atoms with Crippen LogP contribution in [0.2, 0.25) is 0 Å². The Balaban J connectivity index is 1.68. The molecule has 0 aromatic carbocycles. The maximum absolute atomic E-state index is 12.3. The van der Waals surface area contributed by atoms with Crippen LogP contribution in [0.25, 0.3) is 11.2 Å². The smallest absolute Gasteiger partial charge is 0.325 e. The summed E-state index contributed by atoms with van der Waals surface area (Å²) in [6.07, 6.45) is 4.00. The number of nitrogens with one attached hydrogen (secondary N) is 1. The lowest BCUT2D eigenvalue weighted by molar-refractivity contribution is 0.565. The highest BCUT2D eigenvalue weighted by Gasteiger charge is 2.28. The number of unbranched alkanes of at least 4 members (excludes halogenated alkanes) is 1. The summed E-state index contributed by atoms with van der Waals surface area (Å²) in [6.45, 7) is 2.59. The maximum atomic E-state index is 12.3. The van der Waals surface area contributed by atoms with E-state index in [1.807, 2.05) is 4.68 Å². The van der Waals surface area contributed by atoms with Gasteiger partial charge in [-0.05, 0) is 29.7 Å². The van der Waals surface area contributed by atoms with Crippen LogP contribution in [0.15, 0.2) is 14.7 Å². The Hall–Kier alpha value is -2.43. The fourth-order valence-corrected chi connectivity index (χ4v) is 3.83. The van der Waals surface area contributed by atoms with Gasteiger partial charge in [0, 0.05) is 13.6 Å². The molecule has 138 valence electrons. The number of imidazole rings is 1. The van der Waals surface area contributed by atoms with Crippen molar-refractivity contribution in [3.8, 4) is 0 Å². The minimum atomic E-state index is -0.411. The molecule has 1 fully saturated rings. The quantitative estimate of drug-likeness (QED) is 0.607. The Morgan fingerprint density at radius 1 is 1.31 bits per heavy atom. The van der Waals surface area contributed by atoms with Gasteiger partial charge in [0.1, 0.15) is 5.82 Å². The van der Waals surface area contributed by atoms with Crippen LogP contribution in [0.4, 0.5) is 0 Å². The van der Waals surface area contributed by atoms with Crippen LogP contribution in [0.5, 0.6) is 0 Å². The molecule has 1 saturated carbocycles. The third kappa shape index (κ3) is 2.96. The summed E-state index contributed by atoms with van der Waals surface area (Å²) in [5.74, 6) is 1.22. The number of aromatic nitrogens is 8. The molecule has 3 heterocycles. The summed E-state index contributed by atoms with van der Waals surface area (Å²) in [5, 5.41) is 12.6. The molecular weight excluding hydrogens is 356 g/mol. The minimum absolute atomic E-state index is 0.398. The number of fused-ring (bicyclic) bond motifs is 1. The van der Waals surface area contributed by atoms with Crippen LogP contribution in [-0.2, 0) is 19.3 Å². The van der Waals surface area contributed by atoms with E-state index in [4.69, 9.17) is 0 Å². The molecule has 0 aliphatic heterocycles. The largest absolute Gasteiger partial charge is 0.330 e. The molecule has 3 aromatic heterocycles. The zero-order chi connectivity index (χ0) is 18.3. The molecule has 1 aliphatic rings. The van der Waals surface area contributed by atoms with Crippen molar-refractivity contribution < 1.29 is 0 Å². The fraction of sp³-hybridized carbons (Fsp3) is 0.600. The fourth-order valence-electron chi connectivity index (χ4n) is 2.90. The van der Waals surface area contributed by atoms with Gasteiger partial charge in [0.2, 0.25) is 5.16 Å². The van der Waals surface area contributed by atoms with Crippen LogP contribution in [0.3, 0.4) is 0 Å². The molecule has 1 aliphatic carbocycles. The van der Waals surface area contributed by atoms with Crippen molar-refractivity contribution in [2.45, 2.75) is 56.1 Å². The second-order valence-electron chi connectivity index (χ2n) is 6.45. The molecule has 0 amide bonds. The Kier molecular flexibility index (Phi) is 4.39. The summed E-state index contributed by atoms with van der Waals surface area (Å²) >= 11 is 1.48. The highest BCUT2D eigenvalue weighted by atomic mass is 32.2. The molecule has 0 unspecified atom stereocenters. The Morgan fingerprint density at radius 2 is 2.12 bits per heavy atom. The van der Waals surface area contributed by atoms with Crippen molar-refractivity contribution in [3.63, 3.8) is 0 Å². The van der Waals surface area contributed by atoms with Gasteiger partial charge in [-0.15, -0.1) is 5.10 Å². The third-order valence-corrected chi connectivity index (χ3v) is 5.46. The van der Waals surface area contributed by atoms with Crippen LogP contribution < -0.4 is 11.2 Å². The lowest BCUT2D eigenvalue weighted by Gasteiger charge is -2.04. The van der Waals surface area contributed by atoms with Gasteiger partial charge < -0.3 is 4.57 Å². The van der Waals surface area contributed by atoms with E-state index in [-0.39, 0.29) is 0 Å². The summed E-state index contributed by atoms with van der Waals surface area (Å²) in [6, 6.07) is 0.398. The predicted molar refractivity (Wildman–Crippen MR) is 96.2 cm³/mol. The van der Waals surface area contributed by atoms with E-state index >= 15 is 0 Å². The number of aromatic amines is 1. The molecule has 0 spiro atoms. The Labute approximate surface area is 152 Å². The van der Waals surface area contributed by atoms with Gasteiger partial charge in [-0.2, -0.15) is 0 Å². The molecule has 4 rings (SSSR count). The van der Waals surface area contributed by atoms with Crippen molar-refractivity contribution in [2.75, 3.05) is 0 Å². The van der Waals surface area contributed by atoms with Crippen molar-refractivity contribution in [1.82, 2.24) is 39.3 Å². The van der Waals surface area contributed by atoms with Crippen LogP contribution >= 0.6 is 11.8 Å². The highest BCUT2D eigenvalue weighted by molar-refractivity contribution is 7.98. The Bertz CT molecular complexity index is 1060. The number of thioether (sulfide) groups is 1. The normalized spacial score (nSPS) is 14.4. The second kappa shape index (κ2) is 6.71. The second-order valence-corrected chi connectivity index (χ2v) is 7.39. The van der Waals surface area contributed by atoms with E-state index in [2.05, 4.69) is 32.4 Å². The number of nitrogens with zero attached hydrogens (tertiary/aromatic N) is 7. The van der Waals surface area contributed by atoms with Crippen LogP contribution in [-0.4, -0.2) is 39.3 Å². The van der Waals surface area contributed by atoms with E-state index in [1.165, 1.54) is 11.8 Å². The van der Waals surface area contributed by atoms with E-state index < -0.39 is 11.2 Å². The van der Waals surface area contributed by atoms with Gasteiger partial charge in [0.25, 0.3) is 5.56 Å². The summed E-state index contributed by atoms with van der Waals surface area (Å²) in [5.41, 5.74) is 0.0305. The highest BCUT2D eigenvalue weighted by Crippen LogP contribution is 2.36. The van der Waals surface area contributed by atoms with Crippen molar-refractivity contribution in [1.29, 1.82) is 0 Å². The number of tetrazole rings is 1. The van der Waals surface area contributed by atoms with E-state index in [9.17, 15) is 9.59 Å². The summed E-state index contributed by atoms with van der Waals surface area (Å²) < 4.78 is 5.13. The van der Waals surface area contributed by atoms with Gasteiger partial charge in [-0.1, -0.05) is 25.1 Å². The average molecular weight is 376 g/mol. The van der Waals surface area contributed by atoms with Crippen molar-refractivity contribution >= 4 is 22.9 Å². The van der Waals surface area contributed by atoms with Crippen LogP contribution in [0, 0.1) is 0 Å². The third-order valence-electron chi connectivity index (χ3n) is 4.53. The number of hydrogen-bond acceptors (Lipinski definition) is 7. The molecule has 10 nitrogen and oxygen atoms in total. The number of aryl methyl sites for hydroxylation is 2. The first kappa shape index (κ1) is 17.0. The lowest BCUT2D eigenvalue weighted by atomic mass is 10.3. The van der Waals surface area contributed by atoms with Crippen molar-refractivity contribution in [3.05, 3.63) is 26.7 Å². The molecule has 26 heavy (non-hydrogen) atoms.